The number of hydrogen-bond acceptors (Lipinski definition) is 7. The zero-order valence-corrected chi connectivity index (χ0v) is 15.9. The largest absolute Gasteiger partial charge is 0.444 e. The second-order valence-corrected chi connectivity index (χ2v) is 8.39. The van der Waals surface area contributed by atoms with Crippen LogP contribution in [-0.4, -0.2) is 46.3 Å². The van der Waals surface area contributed by atoms with Crippen molar-refractivity contribution in [3.8, 4) is 0 Å². The first-order valence-corrected chi connectivity index (χ1v) is 9.19. The van der Waals surface area contributed by atoms with E-state index in [9.17, 15) is 24.0 Å². The van der Waals surface area contributed by atoms with Gasteiger partial charge in [-0.2, -0.15) is 0 Å². The number of carbonyl (C=O) groups excluding carboxylic acids is 5. The van der Waals surface area contributed by atoms with Crippen molar-refractivity contribution in [3.63, 3.8) is 0 Å². The summed E-state index contributed by atoms with van der Waals surface area (Å²) in [5.41, 5.74) is -0.425. The number of hydrogen-bond donors (Lipinski definition) is 2. The molecule has 0 aliphatic carbocycles. The van der Waals surface area contributed by atoms with Crippen LogP contribution in [0.2, 0.25) is 0 Å². The fourth-order valence-corrected chi connectivity index (χ4v) is 3.89. The van der Waals surface area contributed by atoms with Gasteiger partial charge in [0.1, 0.15) is 16.5 Å². The van der Waals surface area contributed by atoms with Crippen LogP contribution in [0.25, 0.3) is 0 Å². The van der Waals surface area contributed by atoms with Gasteiger partial charge in [-0.1, -0.05) is 0 Å². The van der Waals surface area contributed by atoms with Gasteiger partial charge in [0.15, 0.2) is 0 Å². The molecule has 2 N–H and O–H groups in total. The van der Waals surface area contributed by atoms with Crippen molar-refractivity contribution in [2.75, 3.05) is 0 Å². The molecule has 1 unspecified atom stereocenters. The Hall–Kier alpha value is -2.75. The van der Waals surface area contributed by atoms with Gasteiger partial charge in [-0.25, -0.2) is 4.79 Å². The average Bonchev–Trinajstić information content (AvgIpc) is 3.05. The molecule has 144 valence electrons. The molecule has 9 nitrogen and oxygen atoms in total. The number of imide groups is 2. The van der Waals surface area contributed by atoms with Crippen LogP contribution in [0.4, 0.5) is 4.79 Å². The van der Waals surface area contributed by atoms with E-state index in [1.165, 1.54) is 6.07 Å². The molecule has 1 atom stereocenters. The molecule has 0 saturated carbocycles. The topological polar surface area (TPSA) is 122 Å². The van der Waals surface area contributed by atoms with Gasteiger partial charge in [-0.3, -0.25) is 29.4 Å². The maximum Gasteiger partial charge on any atom is 0.407 e. The Morgan fingerprint density at radius 3 is 2.59 bits per heavy atom. The summed E-state index contributed by atoms with van der Waals surface area (Å²) in [5, 5.41) is 4.72. The molecule has 1 fully saturated rings. The van der Waals surface area contributed by atoms with Crippen molar-refractivity contribution >= 4 is 41.1 Å². The van der Waals surface area contributed by atoms with Crippen molar-refractivity contribution in [2.45, 2.75) is 51.8 Å². The second-order valence-electron chi connectivity index (χ2n) is 7.26. The SMILES string of the molecule is CC(C)(C)OC(=O)NCc1cc2c(s1)C(=O)N(C1CCC(=O)NC1=O)C2=O. The van der Waals surface area contributed by atoms with Crippen molar-refractivity contribution < 1.29 is 28.7 Å². The van der Waals surface area contributed by atoms with Crippen molar-refractivity contribution in [3.05, 3.63) is 21.4 Å². The Bertz CT molecular complexity index is 820. The minimum Gasteiger partial charge on any atom is -0.444 e. The molecule has 1 saturated heterocycles. The predicted molar refractivity (Wildman–Crippen MR) is 94.1 cm³/mol. The van der Waals surface area contributed by atoms with Gasteiger partial charge in [-0.15, -0.1) is 11.3 Å². The Balaban J connectivity index is 1.69. The number of amides is 5. The standard InChI is InChI=1S/C17H19N3O6S/c1-17(2,3)26-16(25)18-7-8-6-9-12(27-8)15(24)20(14(9)23)10-4-5-11(21)19-13(10)22/h6,10H,4-5,7H2,1-3H3,(H,18,25)(H,19,21,22). The summed E-state index contributed by atoms with van der Waals surface area (Å²) in [5.74, 6) is -2.18. The number of nitrogens with zero attached hydrogens (tertiary/aromatic N) is 1. The predicted octanol–water partition coefficient (Wildman–Crippen LogP) is 1.17. The van der Waals surface area contributed by atoms with Crippen LogP contribution in [0.5, 0.6) is 0 Å². The lowest BCUT2D eigenvalue weighted by Crippen LogP contribution is -2.54. The molecular weight excluding hydrogens is 374 g/mol. The molecule has 0 aromatic carbocycles. The number of piperidine rings is 1. The Morgan fingerprint density at radius 2 is 2.00 bits per heavy atom. The molecule has 5 amide bonds. The molecule has 0 bridgehead atoms. The van der Waals surface area contributed by atoms with Gasteiger partial charge in [0.2, 0.25) is 11.8 Å². The second kappa shape index (κ2) is 6.76. The number of thiophene rings is 1. The Kier molecular flexibility index (Phi) is 4.77. The van der Waals surface area contributed by atoms with Gasteiger partial charge in [0, 0.05) is 11.3 Å². The summed E-state index contributed by atoms with van der Waals surface area (Å²) in [6, 6.07) is 0.550. The zero-order chi connectivity index (χ0) is 19.9. The van der Waals surface area contributed by atoms with Gasteiger partial charge in [0.25, 0.3) is 11.8 Å². The first-order valence-electron chi connectivity index (χ1n) is 8.38. The van der Waals surface area contributed by atoms with Crippen molar-refractivity contribution in [1.29, 1.82) is 0 Å². The summed E-state index contributed by atoms with van der Waals surface area (Å²) in [6.07, 6.45) is -0.407. The molecule has 2 aliphatic heterocycles. The van der Waals surface area contributed by atoms with E-state index in [0.717, 1.165) is 16.2 Å². The van der Waals surface area contributed by atoms with Crippen molar-refractivity contribution in [2.24, 2.45) is 0 Å². The van der Waals surface area contributed by atoms with Crippen LogP contribution in [0.3, 0.4) is 0 Å². The van der Waals surface area contributed by atoms with Crippen molar-refractivity contribution in [1.82, 2.24) is 15.5 Å². The first kappa shape index (κ1) is 19.0. The lowest BCUT2D eigenvalue weighted by molar-refractivity contribution is -0.136. The van der Waals surface area contributed by atoms with Crippen LogP contribution < -0.4 is 10.6 Å². The number of alkyl carbamates (subject to hydrolysis) is 1. The number of ether oxygens (including phenoxy) is 1. The molecule has 0 spiro atoms. The minimum atomic E-state index is -0.981. The summed E-state index contributed by atoms with van der Waals surface area (Å²) < 4.78 is 5.14. The third kappa shape index (κ3) is 3.85. The fourth-order valence-electron chi connectivity index (χ4n) is 2.86. The quantitative estimate of drug-likeness (QED) is 0.744. The third-order valence-electron chi connectivity index (χ3n) is 3.97. The van der Waals surface area contributed by atoms with Crippen LogP contribution in [0.1, 0.15) is 58.5 Å². The molecule has 1 aromatic rings. The van der Waals surface area contributed by atoms with Gasteiger partial charge < -0.3 is 10.1 Å². The maximum atomic E-state index is 12.6. The Labute approximate surface area is 159 Å². The van der Waals surface area contributed by atoms with E-state index in [1.54, 1.807) is 20.8 Å². The van der Waals surface area contributed by atoms with Crippen LogP contribution >= 0.6 is 11.3 Å². The zero-order valence-electron chi connectivity index (χ0n) is 15.1. The number of fused-ring (bicyclic) bond motifs is 1. The van der Waals surface area contributed by atoms with E-state index in [1.807, 2.05) is 0 Å². The van der Waals surface area contributed by atoms with E-state index in [-0.39, 0.29) is 29.8 Å². The normalized spacial score (nSPS) is 19.8. The molecule has 3 rings (SSSR count). The molecule has 1 aromatic heterocycles. The fraction of sp³-hybridized carbons (Fsp3) is 0.471. The van der Waals surface area contributed by atoms with E-state index in [0.29, 0.717) is 4.88 Å². The number of carbonyl (C=O) groups is 5. The van der Waals surface area contributed by atoms with E-state index in [4.69, 9.17) is 4.74 Å². The van der Waals surface area contributed by atoms with Crippen LogP contribution in [-0.2, 0) is 20.9 Å². The molecule has 3 heterocycles. The van der Waals surface area contributed by atoms with Gasteiger partial charge in [-0.05, 0) is 33.3 Å². The highest BCUT2D eigenvalue weighted by Gasteiger charge is 2.45. The number of nitrogens with one attached hydrogen (secondary N) is 2. The average molecular weight is 393 g/mol. The Morgan fingerprint density at radius 1 is 1.30 bits per heavy atom. The van der Waals surface area contributed by atoms with E-state index in [2.05, 4.69) is 10.6 Å². The smallest absolute Gasteiger partial charge is 0.407 e. The molecular formula is C17H19N3O6S. The monoisotopic (exact) mass is 393 g/mol. The summed E-state index contributed by atoms with van der Waals surface area (Å²) in [4.78, 5) is 61.9. The highest BCUT2D eigenvalue weighted by molar-refractivity contribution is 7.14. The van der Waals surface area contributed by atoms with E-state index >= 15 is 0 Å². The minimum absolute atomic E-state index is 0.0756. The molecule has 27 heavy (non-hydrogen) atoms. The van der Waals surface area contributed by atoms with Gasteiger partial charge >= 0.3 is 6.09 Å². The van der Waals surface area contributed by atoms with E-state index < -0.39 is 41.4 Å². The lowest BCUT2D eigenvalue weighted by Gasteiger charge is -2.27. The molecule has 2 aliphatic rings. The lowest BCUT2D eigenvalue weighted by atomic mass is 10.0. The highest BCUT2D eigenvalue weighted by atomic mass is 32.1. The summed E-state index contributed by atoms with van der Waals surface area (Å²) >= 11 is 1.08. The number of rotatable bonds is 3. The third-order valence-corrected chi connectivity index (χ3v) is 5.10. The molecule has 10 heteroatoms. The van der Waals surface area contributed by atoms with Crippen LogP contribution in [0.15, 0.2) is 6.07 Å². The highest BCUT2D eigenvalue weighted by Crippen LogP contribution is 2.33. The maximum absolute atomic E-state index is 12.6. The first-order chi connectivity index (χ1) is 12.6. The van der Waals surface area contributed by atoms with Crippen LogP contribution in [0, 0.1) is 0 Å². The summed E-state index contributed by atoms with van der Waals surface area (Å²) in [7, 11) is 0. The van der Waals surface area contributed by atoms with Gasteiger partial charge in [0.05, 0.1) is 12.1 Å². The molecule has 0 radical (unpaired) electrons. The summed E-state index contributed by atoms with van der Waals surface area (Å²) in [6.45, 7) is 5.35.